The van der Waals surface area contributed by atoms with E-state index in [4.69, 9.17) is 5.73 Å². The summed E-state index contributed by atoms with van der Waals surface area (Å²) < 4.78 is 28.2. The number of nitrogens with zero attached hydrogens (tertiary/aromatic N) is 2. The molecule has 0 atom stereocenters. The third kappa shape index (κ3) is 2.20. The van der Waals surface area contributed by atoms with Gasteiger partial charge in [-0.05, 0) is 29.8 Å². The highest BCUT2D eigenvalue weighted by molar-refractivity contribution is 5.63. The van der Waals surface area contributed by atoms with Crippen molar-refractivity contribution in [2.75, 3.05) is 0 Å². The van der Waals surface area contributed by atoms with Crippen molar-refractivity contribution in [2.24, 2.45) is 5.73 Å². The summed E-state index contributed by atoms with van der Waals surface area (Å²) in [6.07, 6.45) is 3.55. The minimum atomic E-state index is -0.616. The molecule has 0 unspecified atom stereocenters. The van der Waals surface area contributed by atoms with E-state index >= 15 is 0 Å². The molecule has 0 aliphatic rings. The van der Waals surface area contributed by atoms with Crippen LogP contribution >= 0.6 is 0 Å². The summed E-state index contributed by atoms with van der Waals surface area (Å²) >= 11 is 0. The first-order valence-corrected chi connectivity index (χ1v) is 5.80. The summed E-state index contributed by atoms with van der Waals surface area (Å²) in [6.45, 7) is 0.424. The van der Waals surface area contributed by atoms with Gasteiger partial charge in [0.05, 0.1) is 5.69 Å². The molecule has 0 bridgehead atoms. The van der Waals surface area contributed by atoms with Gasteiger partial charge in [-0.3, -0.25) is 0 Å². The molecule has 0 aliphatic carbocycles. The van der Waals surface area contributed by atoms with Crippen LogP contribution in [0, 0.1) is 11.6 Å². The van der Waals surface area contributed by atoms with E-state index in [1.807, 2.05) is 18.3 Å². The molecule has 3 nitrogen and oxygen atoms in total. The zero-order chi connectivity index (χ0) is 13.4. The van der Waals surface area contributed by atoms with E-state index in [1.54, 1.807) is 10.6 Å². The van der Waals surface area contributed by atoms with Gasteiger partial charge < -0.3 is 10.1 Å². The Morgan fingerprint density at radius 3 is 2.53 bits per heavy atom. The zero-order valence-electron chi connectivity index (χ0n) is 9.98. The lowest BCUT2D eigenvalue weighted by Gasteiger charge is -1.96. The second-order valence-corrected chi connectivity index (χ2v) is 4.29. The summed E-state index contributed by atoms with van der Waals surface area (Å²) in [5.74, 6) is -1.23. The maximum Gasteiger partial charge on any atom is 0.137 e. The van der Waals surface area contributed by atoms with Gasteiger partial charge in [-0.1, -0.05) is 0 Å². The molecule has 0 radical (unpaired) electrons. The summed E-state index contributed by atoms with van der Waals surface area (Å²) in [5.41, 5.74) is 8.15. The lowest BCUT2D eigenvalue weighted by Crippen LogP contribution is -1.96. The fourth-order valence-electron chi connectivity index (χ4n) is 1.99. The monoisotopic (exact) mass is 259 g/mol. The van der Waals surface area contributed by atoms with Crippen molar-refractivity contribution in [1.82, 2.24) is 9.38 Å². The Morgan fingerprint density at radius 2 is 1.84 bits per heavy atom. The summed E-state index contributed by atoms with van der Waals surface area (Å²) in [5, 5.41) is 0. The first-order valence-electron chi connectivity index (χ1n) is 5.80. The van der Waals surface area contributed by atoms with Gasteiger partial charge in [-0.25, -0.2) is 13.8 Å². The average Bonchev–Trinajstić information content (AvgIpc) is 2.80. The highest BCUT2D eigenvalue weighted by atomic mass is 19.1. The van der Waals surface area contributed by atoms with Crippen LogP contribution in [-0.2, 0) is 6.54 Å². The average molecular weight is 259 g/mol. The van der Waals surface area contributed by atoms with E-state index in [2.05, 4.69) is 4.98 Å². The number of pyridine rings is 1. The third-order valence-corrected chi connectivity index (χ3v) is 2.92. The van der Waals surface area contributed by atoms with Crippen LogP contribution in [0.4, 0.5) is 8.78 Å². The molecule has 5 heteroatoms. The molecule has 0 saturated carbocycles. The molecule has 19 heavy (non-hydrogen) atoms. The number of aromatic nitrogens is 2. The second kappa shape index (κ2) is 4.44. The van der Waals surface area contributed by atoms with E-state index in [0.29, 0.717) is 23.4 Å². The number of benzene rings is 1. The summed E-state index contributed by atoms with van der Waals surface area (Å²) in [6, 6.07) is 7.08. The Bertz CT molecular complexity index is 729. The van der Waals surface area contributed by atoms with Crippen LogP contribution in [-0.4, -0.2) is 9.38 Å². The molecule has 3 aromatic rings. The third-order valence-electron chi connectivity index (χ3n) is 2.92. The van der Waals surface area contributed by atoms with Crippen LogP contribution in [0.5, 0.6) is 0 Å². The fraction of sp³-hybridized carbons (Fsp3) is 0.0714. The maximum absolute atomic E-state index is 13.2. The molecule has 2 aromatic heterocycles. The van der Waals surface area contributed by atoms with E-state index in [0.717, 1.165) is 11.6 Å². The number of rotatable bonds is 2. The van der Waals surface area contributed by atoms with E-state index in [-0.39, 0.29) is 0 Å². The number of halogens is 2. The van der Waals surface area contributed by atoms with Crippen LogP contribution in [0.25, 0.3) is 16.9 Å². The van der Waals surface area contributed by atoms with Crippen molar-refractivity contribution in [1.29, 1.82) is 0 Å². The van der Waals surface area contributed by atoms with Crippen molar-refractivity contribution in [3.63, 3.8) is 0 Å². The molecule has 2 heterocycles. The standard InChI is InChI=1S/C14H11F2N3/c15-11-4-10(5-12(16)6-11)13-8-19-2-1-9(7-17)3-14(19)18-13/h1-6,8H,7,17H2. The molecule has 0 amide bonds. The Balaban J connectivity index is 2.14. The van der Waals surface area contributed by atoms with Gasteiger partial charge in [0.1, 0.15) is 17.3 Å². The SMILES string of the molecule is NCc1ccn2cc(-c3cc(F)cc(F)c3)nc2c1. The Hall–Kier alpha value is -2.27. The molecule has 3 rings (SSSR count). The highest BCUT2D eigenvalue weighted by Crippen LogP contribution is 2.21. The van der Waals surface area contributed by atoms with Crippen LogP contribution in [0.3, 0.4) is 0 Å². The van der Waals surface area contributed by atoms with Crippen LogP contribution < -0.4 is 5.73 Å². The number of hydrogen-bond acceptors (Lipinski definition) is 2. The van der Waals surface area contributed by atoms with E-state index < -0.39 is 11.6 Å². The maximum atomic E-state index is 13.2. The van der Waals surface area contributed by atoms with Crippen molar-refractivity contribution in [3.8, 4) is 11.3 Å². The molecule has 0 saturated heterocycles. The molecule has 0 aliphatic heterocycles. The number of hydrogen-bond donors (Lipinski definition) is 1. The predicted molar refractivity (Wildman–Crippen MR) is 68.4 cm³/mol. The lowest BCUT2D eigenvalue weighted by atomic mass is 10.1. The molecule has 1 aromatic carbocycles. The fourth-order valence-corrected chi connectivity index (χ4v) is 1.99. The lowest BCUT2D eigenvalue weighted by molar-refractivity contribution is 0.584. The number of fused-ring (bicyclic) bond motifs is 1. The Labute approximate surface area is 108 Å². The van der Waals surface area contributed by atoms with Gasteiger partial charge in [0.2, 0.25) is 0 Å². The van der Waals surface area contributed by atoms with Crippen LogP contribution in [0.2, 0.25) is 0 Å². The highest BCUT2D eigenvalue weighted by Gasteiger charge is 2.08. The quantitative estimate of drug-likeness (QED) is 0.769. The Morgan fingerprint density at radius 1 is 1.11 bits per heavy atom. The zero-order valence-corrected chi connectivity index (χ0v) is 9.98. The van der Waals surface area contributed by atoms with Crippen molar-refractivity contribution < 1.29 is 8.78 Å². The van der Waals surface area contributed by atoms with Gasteiger partial charge in [0.15, 0.2) is 0 Å². The van der Waals surface area contributed by atoms with Crippen molar-refractivity contribution in [2.45, 2.75) is 6.54 Å². The smallest absolute Gasteiger partial charge is 0.137 e. The molecular weight excluding hydrogens is 248 g/mol. The van der Waals surface area contributed by atoms with Gasteiger partial charge in [-0.2, -0.15) is 0 Å². The molecule has 0 fully saturated rings. The number of nitrogens with two attached hydrogens (primary N) is 1. The largest absolute Gasteiger partial charge is 0.326 e. The molecule has 2 N–H and O–H groups in total. The second-order valence-electron chi connectivity index (χ2n) is 4.29. The number of imidazole rings is 1. The van der Waals surface area contributed by atoms with Gasteiger partial charge in [0, 0.05) is 30.6 Å². The minimum absolute atomic E-state index is 0.412. The summed E-state index contributed by atoms with van der Waals surface area (Å²) in [7, 11) is 0. The van der Waals surface area contributed by atoms with Crippen molar-refractivity contribution in [3.05, 3.63) is 59.9 Å². The molecule has 0 spiro atoms. The first-order chi connectivity index (χ1) is 9.15. The van der Waals surface area contributed by atoms with Crippen LogP contribution in [0.15, 0.2) is 42.7 Å². The Kier molecular flexibility index (Phi) is 2.76. The van der Waals surface area contributed by atoms with E-state index in [1.165, 1.54) is 12.1 Å². The van der Waals surface area contributed by atoms with Gasteiger partial charge >= 0.3 is 0 Å². The van der Waals surface area contributed by atoms with Crippen LogP contribution in [0.1, 0.15) is 5.56 Å². The molecule has 96 valence electrons. The van der Waals surface area contributed by atoms with E-state index in [9.17, 15) is 8.78 Å². The van der Waals surface area contributed by atoms with Gasteiger partial charge in [0.25, 0.3) is 0 Å². The summed E-state index contributed by atoms with van der Waals surface area (Å²) in [4.78, 5) is 4.35. The van der Waals surface area contributed by atoms with Crippen molar-refractivity contribution >= 4 is 5.65 Å². The first kappa shape index (κ1) is 11.8. The predicted octanol–water partition coefficient (Wildman–Crippen LogP) is 2.74. The topological polar surface area (TPSA) is 43.3 Å². The normalized spacial score (nSPS) is 11.1. The minimum Gasteiger partial charge on any atom is -0.326 e. The van der Waals surface area contributed by atoms with Gasteiger partial charge in [-0.15, -0.1) is 0 Å². The molecular formula is C14H11F2N3.